The van der Waals surface area contributed by atoms with Crippen molar-refractivity contribution in [3.63, 3.8) is 0 Å². The topological polar surface area (TPSA) is 98.3 Å². The summed E-state index contributed by atoms with van der Waals surface area (Å²) in [4.78, 5) is 39.8. The van der Waals surface area contributed by atoms with Gasteiger partial charge in [-0.05, 0) is 31.0 Å². The molecule has 162 valence electrons. The average Bonchev–Trinajstić information content (AvgIpc) is 3.51. The molecule has 0 saturated carbocycles. The second kappa shape index (κ2) is 7.09. The average molecular weight is 438 g/mol. The van der Waals surface area contributed by atoms with Gasteiger partial charge in [0.2, 0.25) is 0 Å². The van der Waals surface area contributed by atoms with Gasteiger partial charge in [-0.2, -0.15) is 9.78 Å². The molecule has 1 aromatic heterocycles. The smallest absolute Gasteiger partial charge is 0.293 e. The number of aromatic nitrogens is 2. The van der Waals surface area contributed by atoms with Crippen LogP contribution in [0.4, 0.5) is 11.4 Å². The van der Waals surface area contributed by atoms with Crippen LogP contribution in [-0.4, -0.2) is 39.5 Å². The van der Waals surface area contributed by atoms with Crippen molar-refractivity contribution in [2.24, 2.45) is 0 Å². The van der Waals surface area contributed by atoms with Gasteiger partial charge >= 0.3 is 0 Å². The van der Waals surface area contributed by atoms with E-state index in [1.165, 1.54) is 10.7 Å². The predicted molar refractivity (Wildman–Crippen MR) is 123 cm³/mol. The van der Waals surface area contributed by atoms with Gasteiger partial charge in [0.15, 0.2) is 5.78 Å². The number of benzene rings is 3. The quantitative estimate of drug-likeness (QED) is 0.305. The van der Waals surface area contributed by atoms with Crippen LogP contribution in [-0.2, 0) is 0 Å². The van der Waals surface area contributed by atoms with Crippen molar-refractivity contribution in [1.29, 1.82) is 0 Å². The lowest BCUT2D eigenvalue weighted by atomic mass is 9.87. The van der Waals surface area contributed by atoms with Gasteiger partial charge in [-0.15, -0.1) is 0 Å². The molecule has 4 aromatic rings. The van der Waals surface area contributed by atoms with Gasteiger partial charge in [0.25, 0.3) is 11.6 Å². The third kappa shape index (κ3) is 2.80. The lowest BCUT2D eigenvalue weighted by Gasteiger charge is -2.17. The Morgan fingerprint density at radius 2 is 1.67 bits per heavy atom. The molecule has 0 atom stereocenters. The van der Waals surface area contributed by atoms with Crippen LogP contribution < -0.4 is 4.90 Å². The lowest BCUT2D eigenvalue weighted by Crippen LogP contribution is -2.20. The van der Waals surface area contributed by atoms with E-state index in [4.69, 9.17) is 0 Å². The van der Waals surface area contributed by atoms with E-state index in [-0.39, 0.29) is 17.0 Å². The maximum absolute atomic E-state index is 13.5. The van der Waals surface area contributed by atoms with Crippen LogP contribution in [0, 0.1) is 10.1 Å². The zero-order valence-corrected chi connectivity index (χ0v) is 17.5. The van der Waals surface area contributed by atoms with E-state index >= 15 is 0 Å². The summed E-state index contributed by atoms with van der Waals surface area (Å²) in [6.45, 7) is 1.52. The number of nitro benzene ring substituents is 1. The third-order valence-corrected chi connectivity index (χ3v) is 6.44. The number of nitrogens with zero attached hydrogens (tertiary/aromatic N) is 4. The molecule has 1 aliphatic carbocycles. The van der Waals surface area contributed by atoms with Crippen LogP contribution in [0.3, 0.4) is 0 Å². The van der Waals surface area contributed by atoms with Gasteiger partial charge in [0.05, 0.1) is 10.4 Å². The first kappa shape index (κ1) is 19.4. The summed E-state index contributed by atoms with van der Waals surface area (Å²) in [5.41, 5.74) is 3.38. The second-order valence-corrected chi connectivity index (χ2v) is 8.29. The van der Waals surface area contributed by atoms with Crippen molar-refractivity contribution < 1.29 is 14.5 Å². The van der Waals surface area contributed by atoms with Crippen LogP contribution in [0.2, 0.25) is 0 Å². The molecule has 0 unspecified atom stereocenters. The number of carbonyl (C=O) groups is 2. The number of anilines is 1. The molecule has 0 N–H and O–H groups in total. The van der Waals surface area contributed by atoms with Gasteiger partial charge in [0.1, 0.15) is 11.4 Å². The first-order valence-electron chi connectivity index (χ1n) is 10.8. The van der Waals surface area contributed by atoms with Crippen LogP contribution in [0.1, 0.15) is 39.1 Å². The summed E-state index contributed by atoms with van der Waals surface area (Å²) in [6, 6.07) is 17.0. The zero-order chi connectivity index (χ0) is 22.7. The molecule has 2 aliphatic rings. The van der Waals surface area contributed by atoms with E-state index in [1.54, 1.807) is 42.5 Å². The molecule has 0 radical (unpaired) electrons. The molecule has 0 bridgehead atoms. The number of hydrogen-bond donors (Lipinski definition) is 0. The lowest BCUT2D eigenvalue weighted by molar-refractivity contribution is -0.384. The summed E-state index contributed by atoms with van der Waals surface area (Å²) in [5, 5.41) is 17.0. The number of carbonyl (C=O) groups excluding carboxylic acids is 2. The fraction of sp³-hybridized carbons (Fsp3) is 0.160. The van der Waals surface area contributed by atoms with Gasteiger partial charge in [-0.25, -0.2) is 0 Å². The highest BCUT2D eigenvalue weighted by Gasteiger charge is 2.31. The molecule has 6 rings (SSSR count). The number of hydrogen-bond acceptors (Lipinski definition) is 6. The molecule has 0 amide bonds. The molecule has 3 aromatic carbocycles. The van der Waals surface area contributed by atoms with E-state index in [1.807, 2.05) is 17.0 Å². The minimum Gasteiger partial charge on any atom is -0.366 e. The minimum absolute atomic E-state index is 0.0926. The summed E-state index contributed by atoms with van der Waals surface area (Å²) >= 11 is 0. The normalized spacial score (nSPS) is 14.5. The predicted octanol–water partition coefficient (Wildman–Crippen LogP) is 4.44. The second-order valence-electron chi connectivity index (χ2n) is 8.29. The van der Waals surface area contributed by atoms with E-state index in [9.17, 15) is 19.7 Å². The molecular formula is C25H18N4O4. The molecule has 2 heterocycles. The number of ketones is 1. The molecule has 8 heteroatoms. The van der Waals surface area contributed by atoms with E-state index in [2.05, 4.69) is 5.10 Å². The molecule has 1 aliphatic heterocycles. The fourth-order valence-corrected chi connectivity index (χ4v) is 4.89. The summed E-state index contributed by atoms with van der Waals surface area (Å²) < 4.78 is 1.25. The summed E-state index contributed by atoms with van der Waals surface area (Å²) in [5.74, 6) is -0.590. The fourth-order valence-electron chi connectivity index (χ4n) is 4.89. The Morgan fingerprint density at radius 3 is 2.42 bits per heavy atom. The monoisotopic (exact) mass is 438 g/mol. The number of rotatable bonds is 3. The van der Waals surface area contributed by atoms with Gasteiger partial charge < -0.3 is 4.90 Å². The molecular weight excluding hydrogens is 420 g/mol. The Bertz CT molecular complexity index is 1500. The van der Waals surface area contributed by atoms with Crippen LogP contribution in [0.25, 0.3) is 22.2 Å². The van der Waals surface area contributed by atoms with Crippen LogP contribution >= 0.6 is 0 Å². The van der Waals surface area contributed by atoms with Crippen molar-refractivity contribution in [2.75, 3.05) is 18.0 Å². The molecule has 33 heavy (non-hydrogen) atoms. The standard InChI is InChI=1S/C25H18N4O4/c30-24-17-7-2-1-6-16(17)23-22-18(24)8-5-9-20(22)28(26-23)25(31)15-10-11-19(21(14-15)29(32)33)27-12-3-4-13-27/h1-2,5-11,14H,3-4,12-13H2. The van der Waals surface area contributed by atoms with E-state index in [0.717, 1.165) is 25.9 Å². The van der Waals surface area contributed by atoms with Crippen molar-refractivity contribution in [3.8, 4) is 11.3 Å². The Labute approximate surface area is 188 Å². The molecule has 8 nitrogen and oxygen atoms in total. The Hall–Kier alpha value is -4.33. The number of nitro groups is 1. The van der Waals surface area contributed by atoms with Crippen LogP contribution in [0.15, 0.2) is 60.7 Å². The van der Waals surface area contributed by atoms with Crippen molar-refractivity contribution >= 4 is 34.0 Å². The Kier molecular flexibility index (Phi) is 4.16. The SMILES string of the molecule is O=C1c2ccccc2-c2nn(C(=O)c3ccc(N4CCCC4)c([N+](=O)[O-])c3)c3cccc1c23. The van der Waals surface area contributed by atoms with Gasteiger partial charge in [-0.3, -0.25) is 19.7 Å². The van der Waals surface area contributed by atoms with Gasteiger partial charge in [0, 0.05) is 46.8 Å². The van der Waals surface area contributed by atoms with E-state index < -0.39 is 10.8 Å². The van der Waals surface area contributed by atoms with E-state index in [0.29, 0.717) is 39.0 Å². The molecule has 0 spiro atoms. The minimum atomic E-state index is -0.480. The number of fused-ring (bicyclic) bond motifs is 2. The maximum atomic E-state index is 13.5. The third-order valence-electron chi connectivity index (χ3n) is 6.44. The molecule has 1 saturated heterocycles. The summed E-state index contributed by atoms with van der Waals surface area (Å²) in [6.07, 6.45) is 1.98. The van der Waals surface area contributed by atoms with Crippen LogP contribution in [0.5, 0.6) is 0 Å². The highest BCUT2D eigenvalue weighted by Crippen LogP contribution is 2.39. The largest absolute Gasteiger partial charge is 0.366 e. The zero-order valence-electron chi connectivity index (χ0n) is 17.5. The first-order valence-corrected chi connectivity index (χ1v) is 10.8. The Morgan fingerprint density at radius 1 is 0.939 bits per heavy atom. The Balaban J connectivity index is 1.51. The first-order chi connectivity index (χ1) is 16.0. The van der Waals surface area contributed by atoms with Crippen molar-refractivity contribution in [2.45, 2.75) is 12.8 Å². The van der Waals surface area contributed by atoms with Crippen molar-refractivity contribution in [3.05, 3.63) is 87.5 Å². The molecule has 1 fully saturated rings. The maximum Gasteiger partial charge on any atom is 0.293 e. The highest BCUT2D eigenvalue weighted by atomic mass is 16.6. The highest BCUT2D eigenvalue weighted by molar-refractivity contribution is 6.25. The summed E-state index contributed by atoms with van der Waals surface area (Å²) in [7, 11) is 0. The van der Waals surface area contributed by atoms with Crippen molar-refractivity contribution in [1.82, 2.24) is 9.78 Å². The van der Waals surface area contributed by atoms with Gasteiger partial charge in [-0.1, -0.05) is 36.4 Å².